The molecule has 0 saturated carbocycles. The van der Waals surface area contributed by atoms with E-state index in [1.165, 1.54) is 64.8 Å². The first-order chi connectivity index (χ1) is 9.16. The van der Waals surface area contributed by atoms with Gasteiger partial charge in [-0.1, -0.05) is 0 Å². The van der Waals surface area contributed by atoms with Gasteiger partial charge in [0.15, 0.2) is 0 Å². The van der Waals surface area contributed by atoms with Crippen molar-refractivity contribution in [3.05, 3.63) is 0 Å². The maximum absolute atomic E-state index is 3.49. The van der Waals surface area contributed by atoms with Crippen molar-refractivity contribution in [1.82, 2.24) is 15.1 Å². The molecule has 3 nitrogen and oxygen atoms in total. The second-order valence-electron chi connectivity index (χ2n) is 6.87. The molecule has 2 aliphatic rings. The second kappa shape index (κ2) is 7.61. The monoisotopic (exact) mass is 267 g/mol. The smallest absolute Gasteiger partial charge is 0.0111 e. The first kappa shape index (κ1) is 15.3. The quantitative estimate of drug-likeness (QED) is 0.842. The van der Waals surface area contributed by atoms with Crippen LogP contribution in [0.25, 0.3) is 0 Å². The number of piperidine rings is 1. The van der Waals surface area contributed by atoms with Crippen LogP contribution in [0.3, 0.4) is 0 Å². The zero-order valence-corrected chi connectivity index (χ0v) is 13.2. The number of likely N-dealkylation sites (tertiary alicyclic amines) is 1. The van der Waals surface area contributed by atoms with Crippen LogP contribution in [0, 0.1) is 5.92 Å². The predicted octanol–water partition coefficient (Wildman–Crippen LogP) is 2.18. The summed E-state index contributed by atoms with van der Waals surface area (Å²) in [6.45, 7) is 11.1. The van der Waals surface area contributed by atoms with Gasteiger partial charge in [0.25, 0.3) is 0 Å². The van der Waals surface area contributed by atoms with Gasteiger partial charge in [0.1, 0.15) is 0 Å². The van der Waals surface area contributed by atoms with Crippen molar-refractivity contribution in [2.24, 2.45) is 5.92 Å². The molecule has 2 rings (SSSR count). The first-order valence-electron chi connectivity index (χ1n) is 8.32. The van der Waals surface area contributed by atoms with Crippen molar-refractivity contribution >= 4 is 0 Å². The highest BCUT2D eigenvalue weighted by Crippen LogP contribution is 2.22. The van der Waals surface area contributed by atoms with Gasteiger partial charge in [0, 0.05) is 18.6 Å². The fourth-order valence-corrected chi connectivity index (χ4v) is 3.70. The molecule has 0 aromatic heterocycles. The summed E-state index contributed by atoms with van der Waals surface area (Å²) in [7, 11) is 2.27. The van der Waals surface area contributed by atoms with E-state index >= 15 is 0 Å². The maximum atomic E-state index is 3.49. The van der Waals surface area contributed by atoms with E-state index in [0.717, 1.165) is 12.0 Å². The predicted molar refractivity (Wildman–Crippen MR) is 82.6 cm³/mol. The van der Waals surface area contributed by atoms with E-state index in [2.05, 4.69) is 36.0 Å². The van der Waals surface area contributed by atoms with Gasteiger partial charge in [-0.05, 0) is 85.1 Å². The molecule has 0 radical (unpaired) electrons. The largest absolute Gasteiger partial charge is 0.317 e. The van der Waals surface area contributed by atoms with Gasteiger partial charge >= 0.3 is 0 Å². The highest BCUT2D eigenvalue weighted by atomic mass is 15.2. The molecule has 0 aromatic carbocycles. The molecule has 2 heterocycles. The lowest BCUT2D eigenvalue weighted by atomic mass is 9.95. The van der Waals surface area contributed by atoms with E-state index in [0.29, 0.717) is 6.04 Å². The summed E-state index contributed by atoms with van der Waals surface area (Å²) in [6, 6.07) is 1.52. The minimum atomic E-state index is 0.697. The van der Waals surface area contributed by atoms with Gasteiger partial charge in [-0.3, -0.25) is 4.90 Å². The van der Waals surface area contributed by atoms with Crippen LogP contribution in [0.4, 0.5) is 0 Å². The average molecular weight is 267 g/mol. The van der Waals surface area contributed by atoms with Crippen LogP contribution in [-0.4, -0.2) is 61.7 Å². The highest BCUT2D eigenvalue weighted by molar-refractivity contribution is 4.82. The number of hydrogen-bond acceptors (Lipinski definition) is 3. The Balaban J connectivity index is 1.90. The molecule has 0 bridgehead atoms. The number of hydrogen-bond donors (Lipinski definition) is 1. The normalized spacial score (nSPS) is 27.9. The molecule has 0 amide bonds. The molecule has 0 aliphatic carbocycles. The van der Waals surface area contributed by atoms with Crippen molar-refractivity contribution in [2.45, 2.75) is 58.0 Å². The summed E-state index contributed by atoms with van der Waals surface area (Å²) in [5.41, 5.74) is 0. The molecule has 0 spiro atoms. The lowest BCUT2D eigenvalue weighted by Gasteiger charge is -2.38. The Kier molecular flexibility index (Phi) is 6.11. The van der Waals surface area contributed by atoms with Crippen molar-refractivity contribution in [1.29, 1.82) is 0 Å². The van der Waals surface area contributed by atoms with Crippen molar-refractivity contribution in [3.63, 3.8) is 0 Å². The van der Waals surface area contributed by atoms with Crippen molar-refractivity contribution in [3.8, 4) is 0 Å². The van der Waals surface area contributed by atoms with Crippen molar-refractivity contribution in [2.75, 3.05) is 39.8 Å². The van der Waals surface area contributed by atoms with Crippen LogP contribution in [-0.2, 0) is 0 Å². The molecule has 112 valence electrons. The fraction of sp³-hybridized carbons (Fsp3) is 1.00. The minimum absolute atomic E-state index is 0.697. The third-order valence-corrected chi connectivity index (χ3v) is 4.98. The van der Waals surface area contributed by atoms with Crippen LogP contribution in [0.15, 0.2) is 0 Å². The van der Waals surface area contributed by atoms with Crippen LogP contribution in [0.1, 0.15) is 46.0 Å². The molecule has 2 aliphatic heterocycles. The first-order valence-corrected chi connectivity index (χ1v) is 8.32. The van der Waals surface area contributed by atoms with E-state index in [1.54, 1.807) is 0 Å². The molecule has 3 heteroatoms. The molecule has 1 N–H and O–H groups in total. The number of nitrogens with zero attached hydrogens (tertiary/aromatic N) is 2. The van der Waals surface area contributed by atoms with Gasteiger partial charge < -0.3 is 10.2 Å². The number of rotatable bonds is 4. The van der Waals surface area contributed by atoms with Gasteiger partial charge in [-0.2, -0.15) is 0 Å². The van der Waals surface area contributed by atoms with Gasteiger partial charge in [-0.15, -0.1) is 0 Å². The summed E-state index contributed by atoms with van der Waals surface area (Å²) in [5, 5.41) is 3.49. The molecule has 2 saturated heterocycles. The Labute approximate surface area is 119 Å². The fourth-order valence-electron chi connectivity index (χ4n) is 3.70. The molecule has 0 aromatic rings. The van der Waals surface area contributed by atoms with E-state index in [9.17, 15) is 0 Å². The summed E-state index contributed by atoms with van der Waals surface area (Å²) in [4.78, 5) is 5.32. The summed E-state index contributed by atoms with van der Waals surface area (Å²) in [6.07, 6.45) is 6.87. The Bertz CT molecular complexity index is 248. The topological polar surface area (TPSA) is 18.5 Å². The van der Waals surface area contributed by atoms with Crippen LogP contribution < -0.4 is 5.32 Å². The lowest BCUT2D eigenvalue weighted by molar-refractivity contribution is 0.106. The minimum Gasteiger partial charge on any atom is -0.317 e. The molecule has 1 unspecified atom stereocenters. The third-order valence-electron chi connectivity index (χ3n) is 4.98. The lowest BCUT2D eigenvalue weighted by Crippen LogP contribution is -2.45. The molecular formula is C16H33N3. The standard InChI is InChI=1S/C16H33N3/c1-14(2)19(13-15-6-9-17-10-7-15)16-5-4-11-18(3)12-8-16/h14-17H,4-13H2,1-3H3. The Morgan fingerprint density at radius 1 is 1.11 bits per heavy atom. The van der Waals surface area contributed by atoms with E-state index < -0.39 is 0 Å². The zero-order valence-electron chi connectivity index (χ0n) is 13.2. The van der Waals surface area contributed by atoms with Gasteiger partial charge in [0.2, 0.25) is 0 Å². The zero-order chi connectivity index (χ0) is 13.7. The van der Waals surface area contributed by atoms with E-state index in [4.69, 9.17) is 0 Å². The van der Waals surface area contributed by atoms with E-state index in [-0.39, 0.29) is 0 Å². The molecule has 19 heavy (non-hydrogen) atoms. The molecule has 2 fully saturated rings. The summed E-state index contributed by atoms with van der Waals surface area (Å²) >= 11 is 0. The highest BCUT2D eigenvalue weighted by Gasteiger charge is 2.26. The van der Waals surface area contributed by atoms with Crippen LogP contribution >= 0.6 is 0 Å². The van der Waals surface area contributed by atoms with Crippen molar-refractivity contribution < 1.29 is 0 Å². The summed E-state index contributed by atoms with van der Waals surface area (Å²) in [5.74, 6) is 0.921. The molecule has 1 atom stereocenters. The van der Waals surface area contributed by atoms with Crippen LogP contribution in [0.5, 0.6) is 0 Å². The summed E-state index contributed by atoms with van der Waals surface area (Å²) < 4.78 is 0. The Hall–Kier alpha value is -0.120. The van der Waals surface area contributed by atoms with Crippen LogP contribution in [0.2, 0.25) is 0 Å². The van der Waals surface area contributed by atoms with Gasteiger partial charge in [0.05, 0.1) is 0 Å². The average Bonchev–Trinajstić information content (AvgIpc) is 2.62. The number of nitrogens with one attached hydrogen (secondary N) is 1. The Morgan fingerprint density at radius 2 is 1.84 bits per heavy atom. The second-order valence-corrected chi connectivity index (χ2v) is 6.87. The molecular weight excluding hydrogens is 234 g/mol. The van der Waals surface area contributed by atoms with E-state index in [1.807, 2.05) is 0 Å². The third kappa shape index (κ3) is 4.73. The Morgan fingerprint density at radius 3 is 2.53 bits per heavy atom. The maximum Gasteiger partial charge on any atom is 0.0111 e. The van der Waals surface area contributed by atoms with Gasteiger partial charge in [-0.25, -0.2) is 0 Å². The SMILES string of the molecule is CC(C)N(CC1CCNCC1)C1CCCN(C)CC1.